The van der Waals surface area contributed by atoms with E-state index in [1.165, 1.54) is 16.8 Å². The van der Waals surface area contributed by atoms with Crippen molar-refractivity contribution in [3.05, 3.63) is 29.3 Å². The first-order valence-corrected chi connectivity index (χ1v) is 6.76. The fourth-order valence-electron chi connectivity index (χ4n) is 2.14. The Kier molecular flexibility index (Phi) is 4.98. The summed E-state index contributed by atoms with van der Waals surface area (Å²) in [4.78, 5) is 12.7. The molecule has 0 saturated heterocycles. The molecule has 0 fully saturated rings. The molecule has 0 aromatic heterocycles. The van der Waals surface area contributed by atoms with Gasteiger partial charge in [0.1, 0.15) is 0 Å². The Morgan fingerprint density at radius 2 is 1.95 bits per heavy atom. The van der Waals surface area contributed by atoms with Gasteiger partial charge in [0.2, 0.25) is 0 Å². The average Bonchev–Trinajstić information content (AvgIpc) is 2.26. The molecular formula is C16H25NO2. The molecule has 0 unspecified atom stereocenters. The molecule has 0 amide bonds. The number of aryl methyl sites for hydroxylation is 1. The Hall–Kier alpha value is -1.51. The summed E-state index contributed by atoms with van der Waals surface area (Å²) in [5.41, 5.74) is 3.90. The van der Waals surface area contributed by atoms with Crippen molar-refractivity contribution in [1.29, 1.82) is 0 Å². The number of carbonyl (C=O) groups is 1. The molecule has 3 nitrogen and oxygen atoms in total. The van der Waals surface area contributed by atoms with Crippen LogP contribution in [0.25, 0.3) is 0 Å². The first-order valence-electron chi connectivity index (χ1n) is 6.76. The second-order valence-corrected chi connectivity index (χ2v) is 6.17. The molecule has 3 heteroatoms. The molecule has 0 heterocycles. The SMILES string of the molecule is Cc1cc(C(C)(C)C)ccc1N(C)CCCC(=O)O. The summed E-state index contributed by atoms with van der Waals surface area (Å²) >= 11 is 0. The van der Waals surface area contributed by atoms with Crippen molar-refractivity contribution in [3.63, 3.8) is 0 Å². The molecule has 0 atom stereocenters. The molecule has 0 saturated carbocycles. The Balaban J connectivity index is 2.76. The number of aliphatic carboxylic acids is 1. The Morgan fingerprint density at radius 3 is 2.42 bits per heavy atom. The van der Waals surface area contributed by atoms with Gasteiger partial charge < -0.3 is 10.0 Å². The zero-order valence-corrected chi connectivity index (χ0v) is 12.7. The summed E-state index contributed by atoms with van der Waals surface area (Å²) in [6.45, 7) is 9.49. The molecule has 1 aromatic rings. The second-order valence-electron chi connectivity index (χ2n) is 6.17. The lowest BCUT2D eigenvalue weighted by molar-refractivity contribution is -0.137. The molecule has 1 N–H and O–H groups in total. The van der Waals surface area contributed by atoms with Crippen LogP contribution in [0, 0.1) is 6.92 Å². The van der Waals surface area contributed by atoms with Crippen LogP contribution in [0.1, 0.15) is 44.7 Å². The van der Waals surface area contributed by atoms with Crippen LogP contribution in [-0.4, -0.2) is 24.7 Å². The molecule has 106 valence electrons. The van der Waals surface area contributed by atoms with Gasteiger partial charge in [-0.05, 0) is 36.0 Å². The van der Waals surface area contributed by atoms with Crippen molar-refractivity contribution >= 4 is 11.7 Å². The van der Waals surface area contributed by atoms with Gasteiger partial charge in [-0.1, -0.05) is 32.9 Å². The summed E-state index contributed by atoms with van der Waals surface area (Å²) in [7, 11) is 2.01. The van der Waals surface area contributed by atoms with E-state index in [1.54, 1.807) is 0 Å². The van der Waals surface area contributed by atoms with Gasteiger partial charge in [-0.15, -0.1) is 0 Å². The quantitative estimate of drug-likeness (QED) is 0.882. The lowest BCUT2D eigenvalue weighted by Gasteiger charge is -2.25. The lowest BCUT2D eigenvalue weighted by atomic mass is 9.86. The molecule has 0 bridgehead atoms. The van der Waals surface area contributed by atoms with Gasteiger partial charge in [-0.2, -0.15) is 0 Å². The number of hydrogen-bond donors (Lipinski definition) is 1. The Bertz CT molecular complexity index is 447. The number of benzene rings is 1. The highest BCUT2D eigenvalue weighted by Gasteiger charge is 2.15. The third kappa shape index (κ3) is 4.58. The smallest absolute Gasteiger partial charge is 0.303 e. The van der Waals surface area contributed by atoms with Gasteiger partial charge in [-0.25, -0.2) is 0 Å². The summed E-state index contributed by atoms with van der Waals surface area (Å²) in [6, 6.07) is 6.52. The zero-order chi connectivity index (χ0) is 14.6. The van der Waals surface area contributed by atoms with Crippen molar-refractivity contribution in [3.8, 4) is 0 Å². The maximum absolute atomic E-state index is 10.5. The molecule has 1 rings (SSSR count). The molecule has 0 spiro atoms. The van der Waals surface area contributed by atoms with Crippen LogP contribution < -0.4 is 4.90 Å². The summed E-state index contributed by atoms with van der Waals surface area (Å²) in [5.74, 6) is -0.729. The average molecular weight is 263 g/mol. The second kappa shape index (κ2) is 6.09. The number of carboxylic acid groups (broad SMARTS) is 1. The van der Waals surface area contributed by atoms with Crippen molar-refractivity contribution in [2.24, 2.45) is 0 Å². The van der Waals surface area contributed by atoms with Crippen LogP contribution in [-0.2, 0) is 10.2 Å². The van der Waals surface area contributed by atoms with Crippen LogP contribution in [0.4, 0.5) is 5.69 Å². The summed E-state index contributed by atoms with van der Waals surface area (Å²) in [5, 5.41) is 8.66. The molecule has 1 aromatic carbocycles. The van der Waals surface area contributed by atoms with E-state index in [1.807, 2.05) is 7.05 Å². The Morgan fingerprint density at radius 1 is 1.32 bits per heavy atom. The lowest BCUT2D eigenvalue weighted by Crippen LogP contribution is -2.21. The van der Waals surface area contributed by atoms with Crippen molar-refractivity contribution < 1.29 is 9.90 Å². The van der Waals surface area contributed by atoms with Gasteiger partial charge in [0.15, 0.2) is 0 Å². The van der Waals surface area contributed by atoms with E-state index in [4.69, 9.17) is 5.11 Å². The first kappa shape index (κ1) is 15.5. The highest BCUT2D eigenvalue weighted by Crippen LogP contribution is 2.27. The maximum atomic E-state index is 10.5. The third-order valence-corrected chi connectivity index (χ3v) is 3.36. The van der Waals surface area contributed by atoms with E-state index in [-0.39, 0.29) is 11.8 Å². The third-order valence-electron chi connectivity index (χ3n) is 3.36. The normalized spacial score (nSPS) is 11.4. The molecule has 0 radical (unpaired) electrons. The molecule has 0 aliphatic carbocycles. The highest BCUT2D eigenvalue weighted by atomic mass is 16.4. The topological polar surface area (TPSA) is 40.5 Å². The fourth-order valence-corrected chi connectivity index (χ4v) is 2.14. The number of rotatable bonds is 5. The maximum Gasteiger partial charge on any atom is 0.303 e. The monoisotopic (exact) mass is 263 g/mol. The van der Waals surface area contributed by atoms with Crippen LogP contribution >= 0.6 is 0 Å². The van der Waals surface area contributed by atoms with Crippen molar-refractivity contribution in [2.45, 2.75) is 46.0 Å². The van der Waals surface area contributed by atoms with Crippen LogP contribution in [0.2, 0.25) is 0 Å². The van der Waals surface area contributed by atoms with Crippen molar-refractivity contribution in [2.75, 3.05) is 18.5 Å². The van der Waals surface area contributed by atoms with Gasteiger partial charge in [0.25, 0.3) is 0 Å². The zero-order valence-electron chi connectivity index (χ0n) is 12.7. The predicted octanol–water partition coefficient (Wildman–Crippen LogP) is 3.59. The summed E-state index contributed by atoms with van der Waals surface area (Å²) in [6.07, 6.45) is 0.899. The minimum atomic E-state index is -0.729. The van der Waals surface area contributed by atoms with E-state index < -0.39 is 5.97 Å². The Labute approximate surface area is 116 Å². The van der Waals surface area contributed by atoms with Crippen LogP contribution in [0.15, 0.2) is 18.2 Å². The van der Waals surface area contributed by atoms with E-state index in [9.17, 15) is 4.79 Å². The molecule has 19 heavy (non-hydrogen) atoms. The standard InChI is InChI=1S/C16H25NO2/c1-12-11-13(16(2,3)4)8-9-14(12)17(5)10-6-7-15(18)19/h8-9,11H,6-7,10H2,1-5H3,(H,18,19). The number of anilines is 1. The van der Waals surface area contributed by atoms with Crippen LogP contribution in [0.3, 0.4) is 0 Å². The highest BCUT2D eigenvalue weighted by molar-refractivity contribution is 5.66. The van der Waals surface area contributed by atoms with Gasteiger partial charge >= 0.3 is 5.97 Å². The molecule has 0 aliphatic heterocycles. The minimum Gasteiger partial charge on any atom is -0.481 e. The van der Waals surface area contributed by atoms with E-state index in [0.717, 1.165) is 6.54 Å². The largest absolute Gasteiger partial charge is 0.481 e. The number of nitrogens with zero attached hydrogens (tertiary/aromatic N) is 1. The molecular weight excluding hydrogens is 238 g/mol. The number of hydrogen-bond acceptors (Lipinski definition) is 2. The fraction of sp³-hybridized carbons (Fsp3) is 0.562. The van der Waals surface area contributed by atoms with E-state index >= 15 is 0 Å². The minimum absolute atomic E-state index is 0.158. The van der Waals surface area contributed by atoms with Crippen molar-refractivity contribution in [1.82, 2.24) is 0 Å². The summed E-state index contributed by atoms with van der Waals surface area (Å²) < 4.78 is 0. The van der Waals surface area contributed by atoms with E-state index in [2.05, 4.69) is 50.8 Å². The van der Waals surface area contributed by atoms with Gasteiger partial charge in [0.05, 0.1) is 0 Å². The van der Waals surface area contributed by atoms with Crippen LogP contribution in [0.5, 0.6) is 0 Å². The first-order chi connectivity index (χ1) is 8.71. The van der Waals surface area contributed by atoms with E-state index in [0.29, 0.717) is 6.42 Å². The predicted molar refractivity (Wildman–Crippen MR) is 80.0 cm³/mol. The van der Waals surface area contributed by atoms with Gasteiger partial charge in [-0.3, -0.25) is 4.79 Å². The van der Waals surface area contributed by atoms with Gasteiger partial charge in [0, 0.05) is 25.7 Å². The molecule has 0 aliphatic rings. The number of carboxylic acids is 1.